The van der Waals surface area contributed by atoms with Crippen molar-refractivity contribution in [3.63, 3.8) is 0 Å². The van der Waals surface area contributed by atoms with E-state index in [1.807, 2.05) is 6.92 Å². The number of aryl methyl sites for hydroxylation is 2. The lowest BCUT2D eigenvalue weighted by Crippen LogP contribution is -2.06. The number of aromatic nitrogens is 3. The molecule has 2 aromatic heterocycles. The third-order valence-corrected chi connectivity index (χ3v) is 4.77. The zero-order chi connectivity index (χ0) is 23.4. The molecule has 11 heteroatoms. The number of nitro groups is 1. The molecular formula is C22H18N4O7. The Bertz CT molecular complexity index is 1270. The third kappa shape index (κ3) is 5.03. The molecule has 0 spiro atoms. The van der Waals surface area contributed by atoms with Crippen LogP contribution in [0.3, 0.4) is 0 Å². The molecule has 2 heterocycles. The highest BCUT2D eigenvalue weighted by Crippen LogP contribution is 2.21. The van der Waals surface area contributed by atoms with Gasteiger partial charge in [0.05, 0.1) is 21.7 Å². The fraction of sp³-hybridized carbons (Fsp3) is 0.182. The van der Waals surface area contributed by atoms with Crippen molar-refractivity contribution in [2.45, 2.75) is 27.1 Å². The summed E-state index contributed by atoms with van der Waals surface area (Å²) in [5.41, 5.74) is 2.37. The average molecular weight is 450 g/mol. The number of ether oxygens (including phenoxy) is 2. The summed E-state index contributed by atoms with van der Waals surface area (Å²) < 4.78 is 21.2. The van der Waals surface area contributed by atoms with Gasteiger partial charge in [-0.2, -0.15) is 4.98 Å². The first-order chi connectivity index (χ1) is 15.9. The molecule has 0 fully saturated rings. The Kier molecular flexibility index (Phi) is 6.11. The van der Waals surface area contributed by atoms with Crippen molar-refractivity contribution in [1.82, 2.24) is 15.3 Å². The van der Waals surface area contributed by atoms with Crippen LogP contribution in [0.5, 0.6) is 5.75 Å². The quantitative estimate of drug-likeness (QED) is 0.218. The van der Waals surface area contributed by atoms with Crippen LogP contribution in [0.4, 0.5) is 5.69 Å². The predicted molar refractivity (Wildman–Crippen MR) is 112 cm³/mol. The minimum absolute atomic E-state index is 0.0469. The van der Waals surface area contributed by atoms with Crippen molar-refractivity contribution in [3.05, 3.63) is 87.1 Å². The number of carbonyl (C=O) groups excluding carboxylic acids is 1. The molecule has 0 unspecified atom stereocenters. The molecule has 0 aliphatic heterocycles. The Morgan fingerprint density at radius 1 is 1.06 bits per heavy atom. The number of rotatable bonds is 8. The Labute approximate surface area is 187 Å². The summed E-state index contributed by atoms with van der Waals surface area (Å²) in [6, 6.07) is 12.3. The largest absolute Gasteiger partial charge is 0.489 e. The van der Waals surface area contributed by atoms with E-state index in [0.29, 0.717) is 22.6 Å². The van der Waals surface area contributed by atoms with Gasteiger partial charge in [-0.05, 0) is 44.2 Å². The molecule has 0 N–H and O–H groups in total. The number of hydrogen-bond acceptors (Lipinski definition) is 10. The van der Waals surface area contributed by atoms with Crippen molar-refractivity contribution in [2.75, 3.05) is 0 Å². The van der Waals surface area contributed by atoms with Crippen LogP contribution in [-0.2, 0) is 18.0 Å². The molecule has 0 saturated heterocycles. The molecule has 4 rings (SSSR count). The van der Waals surface area contributed by atoms with E-state index in [4.69, 9.17) is 18.5 Å². The van der Waals surface area contributed by atoms with Crippen LogP contribution in [-0.4, -0.2) is 26.2 Å². The molecule has 0 radical (unpaired) electrons. The maximum Gasteiger partial charge on any atom is 0.338 e. The molecule has 0 aliphatic carbocycles. The van der Waals surface area contributed by atoms with Crippen molar-refractivity contribution in [1.29, 1.82) is 0 Å². The van der Waals surface area contributed by atoms with Crippen LogP contribution in [0.1, 0.15) is 33.3 Å². The van der Waals surface area contributed by atoms with Gasteiger partial charge in [0, 0.05) is 17.7 Å². The number of nitrogens with zero attached hydrogens (tertiary/aromatic N) is 4. The van der Waals surface area contributed by atoms with Gasteiger partial charge in [-0.25, -0.2) is 4.79 Å². The van der Waals surface area contributed by atoms with Crippen molar-refractivity contribution in [2.24, 2.45) is 0 Å². The van der Waals surface area contributed by atoms with Gasteiger partial charge in [0.15, 0.2) is 6.61 Å². The molecule has 0 aliphatic rings. The number of hydrogen-bond donors (Lipinski definition) is 0. The highest BCUT2D eigenvalue weighted by atomic mass is 16.6. The van der Waals surface area contributed by atoms with Gasteiger partial charge in [0.1, 0.15) is 18.1 Å². The summed E-state index contributed by atoms with van der Waals surface area (Å²) in [5.74, 6) is 0.888. The smallest absolute Gasteiger partial charge is 0.338 e. The summed E-state index contributed by atoms with van der Waals surface area (Å²) in [6.45, 7) is 3.65. The Balaban J connectivity index is 1.35. The minimum atomic E-state index is -0.590. The molecule has 0 bridgehead atoms. The fourth-order valence-electron chi connectivity index (χ4n) is 2.95. The summed E-state index contributed by atoms with van der Waals surface area (Å²) in [7, 11) is 0. The van der Waals surface area contributed by atoms with Crippen LogP contribution in [0.15, 0.2) is 57.6 Å². The predicted octanol–water partition coefficient (Wildman–Crippen LogP) is 4.19. The van der Waals surface area contributed by atoms with Gasteiger partial charge in [0.25, 0.3) is 11.6 Å². The molecule has 11 nitrogen and oxygen atoms in total. The van der Waals surface area contributed by atoms with Crippen LogP contribution >= 0.6 is 0 Å². The van der Waals surface area contributed by atoms with E-state index in [0.717, 1.165) is 11.3 Å². The van der Waals surface area contributed by atoms with Gasteiger partial charge in [-0.1, -0.05) is 16.4 Å². The third-order valence-electron chi connectivity index (χ3n) is 4.77. The molecule has 168 valence electrons. The molecule has 0 atom stereocenters. The number of esters is 1. The highest BCUT2D eigenvalue weighted by Gasteiger charge is 2.15. The number of non-ortho nitro benzene ring substituents is 1. The van der Waals surface area contributed by atoms with Crippen molar-refractivity contribution < 1.29 is 28.2 Å². The number of nitro benzene ring substituents is 1. The zero-order valence-corrected chi connectivity index (χ0v) is 17.7. The van der Waals surface area contributed by atoms with Gasteiger partial charge >= 0.3 is 5.97 Å². The Morgan fingerprint density at radius 2 is 1.85 bits per heavy atom. The summed E-state index contributed by atoms with van der Waals surface area (Å²) >= 11 is 0. The van der Waals surface area contributed by atoms with Crippen molar-refractivity contribution >= 4 is 11.7 Å². The lowest BCUT2D eigenvalue weighted by atomic mass is 10.2. The van der Waals surface area contributed by atoms with Crippen LogP contribution in [0.2, 0.25) is 0 Å². The molecule has 4 aromatic rings. The van der Waals surface area contributed by atoms with Gasteiger partial charge < -0.3 is 18.5 Å². The summed E-state index contributed by atoms with van der Waals surface area (Å²) in [5, 5.41) is 18.4. The van der Waals surface area contributed by atoms with Crippen LogP contribution < -0.4 is 4.74 Å². The van der Waals surface area contributed by atoms with E-state index >= 15 is 0 Å². The van der Waals surface area contributed by atoms with E-state index in [-0.39, 0.29) is 30.6 Å². The SMILES string of the molecule is Cc1noc(C)c1COc1cccc(C(=O)OCc2nc(-c3ccc([N+](=O)[O-])cc3)no2)c1. The summed E-state index contributed by atoms with van der Waals surface area (Å²) in [6.07, 6.45) is 0. The topological polar surface area (TPSA) is 144 Å². The van der Waals surface area contributed by atoms with Gasteiger partial charge in [-0.3, -0.25) is 10.1 Å². The van der Waals surface area contributed by atoms with E-state index in [2.05, 4.69) is 15.3 Å². The van der Waals surface area contributed by atoms with Crippen LogP contribution in [0, 0.1) is 24.0 Å². The number of carbonyl (C=O) groups is 1. The fourth-order valence-corrected chi connectivity index (χ4v) is 2.95. The standard InChI is InChI=1S/C22H18N4O7/c1-13-19(14(2)32-24-13)11-30-18-5-3-4-16(10-18)22(27)31-12-20-23-21(25-33-20)15-6-8-17(9-7-15)26(28)29/h3-10H,11-12H2,1-2H3. The van der Waals surface area contributed by atoms with Crippen molar-refractivity contribution in [3.8, 4) is 17.1 Å². The molecule has 33 heavy (non-hydrogen) atoms. The number of benzene rings is 2. The second kappa shape index (κ2) is 9.30. The lowest BCUT2D eigenvalue weighted by Gasteiger charge is -2.07. The zero-order valence-electron chi connectivity index (χ0n) is 17.7. The molecule has 0 saturated carbocycles. The Hall–Kier alpha value is -4.54. The maximum atomic E-state index is 12.4. The lowest BCUT2D eigenvalue weighted by molar-refractivity contribution is -0.384. The second-order valence-corrected chi connectivity index (χ2v) is 7.01. The van der Waals surface area contributed by atoms with Crippen LogP contribution in [0.25, 0.3) is 11.4 Å². The van der Waals surface area contributed by atoms with Gasteiger partial charge in [-0.15, -0.1) is 0 Å². The van der Waals surface area contributed by atoms with E-state index in [9.17, 15) is 14.9 Å². The Morgan fingerprint density at radius 3 is 2.55 bits per heavy atom. The second-order valence-electron chi connectivity index (χ2n) is 7.01. The van der Waals surface area contributed by atoms with E-state index < -0.39 is 10.9 Å². The minimum Gasteiger partial charge on any atom is -0.489 e. The maximum absolute atomic E-state index is 12.4. The molecule has 0 amide bonds. The van der Waals surface area contributed by atoms with Gasteiger partial charge in [0.2, 0.25) is 5.82 Å². The average Bonchev–Trinajstić information content (AvgIpc) is 3.42. The van der Waals surface area contributed by atoms with E-state index in [1.165, 1.54) is 24.3 Å². The molecule has 2 aromatic carbocycles. The highest BCUT2D eigenvalue weighted by molar-refractivity contribution is 5.89. The van der Waals surface area contributed by atoms with E-state index in [1.54, 1.807) is 31.2 Å². The monoisotopic (exact) mass is 450 g/mol. The first kappa shape index (κ1) is 21.7. The summed E-state index contributed by atoms with van der Waals surface area (Å²) in [4.78, 5) is 26.8. The first-order valence-corrected chi connectivity index (χ1v) is 9.80. The molecular weight excluding hydrogens is 432 g/mol. The normalized spacial score (nSPS) is 10.7. The first-order valence-electron chi connectivity index (χ1n) is 9.80.